The summed E-state index contributed by atoms with van der Waals surface area (Å²) in [5.74, 6) is -0.347. The van der Waals surface area contributed by atoms with E-state index in [1.54, 1.807) is 14.0 Å². The quantitative estimate of drug-likeness (QED) is 0.390. The summed E-state index contributed by atoms with van der Waals surface area (Å²) in [7, 11) is 1.65. The summed E-state index contributed by atoms with van der Waals surface area (Å²) in [4.78, 5) is 25.9. The number of carbonyl (C=O) groups excluding carboxylic acids is 1. The van der Waals surface area contributed by atoms with Crippen LogP contribution in [-0.4, -0.2) is 28.7 Å². The Morgan fingerprint density at radius 3 is 2.82 bits per heavy atom. The van der Waals surface area contributed by atoms with Crippen molar-refractivity contribution in [3.8, 4) is 0 Å². The van der Waals surface area contributed by atoms with Crippen LogP contribution in [0.5, 0.6) is 0 Å². The fraction of sp³-hybridized carbons (Fsp3) is 0.300. The molecule has 2 N–H and O–H groups in total. The Morgan fingerprint density at radius 1 is 1.39 bits per heavy atom. The lowest BCUT2D eigenvalue weighted by atomic mass is 10.0. The molecular weight excluding hydrogens is 495 g/mol. The van der Waals surface area contributed by atoms with E-state index in [4.69, 9.17) is 21.1 Å². The number of hydrogen-bond acceptors (Lipinski definition) is 4. The monoisotopic (exact) mass is 514 g/mol. The van der Waals surface area contributed by atoms with Crippen molar-refractivity contribution in [3.05, 3.63) is 65.8 Å². The summed E-state index contributed by atoms with van der Waals surface area (Å²) in [6.45, 7) is 2.08. The van der Waals surface area contributed by atoms with Crippen molar-refractivity contribution in [2.75, 3.05) is 13.2 Å². The minimum absolute atomic E-state index is 0.0199. The Kier molecular flexibility index (Phi) is 6.47. The first-order valence-corrected chi connectivity index (χ1v) is 10.2. The zero-order valence-corrected chi connectivity index (χ0v) is 18.4. The summed E-state index contributed by atoms with van der Waals surface area (Å²) >= 11 is 8.56. The summed E-state index contributed by atoms with van der Waals surface area (Å²) in [6.07, 6.45) is 2.23. The molecule has 0 saturated carbocycles. The van der Waals surface area contributed by atoms with Crippen molar-refractivity contribution in [1.82, 2.24) is 9.88 Å². The lowest BCUT2D eigenvalue weighted by molar-refractivity contribution is 0.0950. The molecule has 1 aromatic carbocycles. The van der Waals surface area contributed by atoms with Gasteiger partial charge in [-0.05, 0) is 53.6 Å². The minimum atomic E-state index is -0.347. The van der Waals surface area contributed by atoms with Gasteiger partial charge in [0.2, 0.25) is 0 Å². The third kappa shape index (κ3) is 3.97. The molecule has 0 aliphatic carbocycles. The molecule has 8 heteroatoms. The number of nitrogens with zero attached hydrogens (tertiary/aromatic N) is 1. The van der Waals surface area contributed by atoms with E-state index in [1.807, 2.05) is 18.2 Å². The van der Waals surface area contributed by atoms with E-state index < -0.39 is 0 Å². The molecule has 0 saturated heterocycles. The largest absolute Gasteiger partial charge is 0.463 e. The third-order valence-electron chi connectivity index (χ3n) is 4.63. The molecule has 2 heterocycles. The van der Waals surface area contributed by atoms with Crippen molar-refractivity contribution in [2.45, 2.75) is 19.8 Å². The zero-order chi connectivity index (χ0) is 20.4. The van der Waals surface area contributed by atoms with Gasteiger partial charge in [-0.2, -0.15) is 0 Å². The highest BCUT2D eigenvalue weighted by Crippen LogP contribution is 2.28. The Labute approximate surface area is 180 Å². The lowest BCUT2D eigenvalue weighted by Gasteiger charge is -2.16. The molecule has 0 fully saturated rings. The molecule has 148 valence electrons. The molecule has 3 rings (SSSR count). The second-order valence-electron chi connectivity index (χ2n) is 6.55. The van der Waals surface area contributed by atoms with Gasteiger partial charge in [-0.3, -0.25) is 9.59 Å². The van der Waals surface area contributed by atoms with Gasteiger partial charge in [-0.25, -0.2) is 0 Å². The van der Waals surface area contributed by atoms with Crippen LogP contribution in [0, 0.1) is 10.5 Å². The van der Waals surface area contributed by atoms with E-state index in [9.17, 15) is 9.59 Å². The fourth-order valence-electron chi connectivity index (χ4n) is 3.14. The van der Waals surface area contributed by atoms with Crippen LogP contribution in [-0.2, 0) is 13.5 Å². The number of aromatic nitrogens is 1. The van der Waals surface area contributed by atoms with Gasteiger partial charge in [-0.1, -0.05) is 17.7 Å². The number of fused-ring (bicyclic) bond motifs is 1. The molecule has 1 amide bonds. The molecule has 0 radical (unpaired) electrons. The molecule has 3 aromatic rings. The van der Waals surface area contributed by atoms with E-state index in [-0.39, 0.29) is 23.7 Å². The SMILES string of the molecule is Cc1coc2c(C(=O)NCCCO)c(Cc3ccc(I)cc3Cl)n(C)c(=O)c12. The summed E-state index contributed by atoms with van der Waals surface area (Å²) in [5.41, 5.74) is 2.39. The number of aryl methyl sites for hydroxylation is 1. The lowest BCUT2D eigenvalue weighted by Crippen LogP contribution is -2.31. The first kappa shape index (κ1) is 20.9. The molecule has 0 atom stereocenters. The van der Waals surface area contributed by atoms with E-state index >= 15 is 0 Å². The topological polar surface area (TPSA) is 84.5 Å². The number of nitrogens with one attached hydrogen (secondary N) is 1. The maximum Gasteiger partial charge on any atom is 0.261 e. The highest BCUT2D eigenvalue weighted by molar-refractivity contribution is 14.1. The summed E-state index contributed by atoms with van der Waals surface area (Å²) < 4.78 is 8.10. The summed E-state index contributed by atoms with van der Waals surface area (Å²) in [6, 6.07) is 5.65. The predicted molar refractivity (Wildman–Crippen MR) is 117 cm³/mol. The molecule has 0 aliphatic heterocycles. The van der Waals surface area contributed by atoms with Crippen LogP contribution in [0.4, 0.5) is 0 Å². The Hall–Kier alpha value is -1.84. The van der Waals surface area contributed by atoms with Crippen LogP contribution in [0.25, 0.3) is 11.0 Å². The predicted octanol–water partition coefficient (Wildman–Crippen LogP) is 3.40. The van der Waals surface area contributed by atoms with Crippen molar-refractivity contribution in [2.24, 2.45) is 7.05 Å². The Balaban J connectivity index is 2.19. The molecular formula is C20H20ClIN2O4. The second kappa shape index (κ2) is 8.67. The van der Waals surface area contributed by atoms with Crippen molar-refractivity contribution in [1.29, 1.82) is 0 Å². The molecule has 28 heavy (non-hydrogen) atoms. The molecule has 0 spiro atoms. The van der Waals surface area contributed by atoms with Crippen LogP contribution in [0.3, 0.4) is 0 Å². The number of aliphatic hydroxyl groups excluding tert-OH is 1. The number of benzene rings is 1. The maximum absolute atomic E-state index is 13.0. The number of pyridine rings is 1. The van der Waals surface area contributed by atoms with Crippen LogP contribution in [0.15, 0.2) is 33.7 Å². The van der Waals surface area contributed by atoms with Crippen LogP contribution < -0.4 is 10.9 Å². The van der Waals surface area contributed by atoms with E-state index in [0.29, 0.717) is 46.6 Å². The van der Waals surface area contributed by atoms with Crippen LogP contribution in [0.1, 0.15) is 33.6 Å². The first-order chi connectivity index (χ1) is 13.3. The van der Waals surface area contributed by atoms with Gasteiger partial charge in [0.1, 0.15) is 5.56 Å². The normalized spacial score (nSPS) is 11.2. The van der Waals surface area contributed by atoms with Crippen molar-refractivity contribution >= 4 is 51.1 Å². The van der Waals surface area contributed by atoms with Crippen LogP contribution in [0.2, 0.25) is 5.02 Å². The Morgan fingerprint density at radius 2 is 2.14 bits per heavy atom. The third-order valence-corrected chi connectivity index (χ3v) is 5.66. The molecule has 0 aliphatic rings. The second-order valence-corrected chi connectivity index (χ2v) is 8.21. The smallest absolute Gasteiger partial charge is 0.261 e. The zero-order valence-electron chi connectivity index (χ0n) is 15.5. The number of halogens is 2. The van der Waals surface area contributed by atoms with Gasteiger partial charge in [-0.15, -0.1) is 0 Å². The van der Waals surface area contributed by atoms with Gasteiger partial charge in [0, 0.05) is 46.5 Å². The average Bonchev–Trinajstić information content (AvgIpc) is 3.03. The average molecular weight is 515 g/mol. The Bertz CT molecular complexity index is 1100. The molecule has 6 nitrogen and oxygen atoms in total. The van der Waals surface area contributed by atoms with E-state index in [2.05, 4.69) is 27.9 Å². The van der Waals surface area contributed by atoms with Gasteiger partial charge < -0.3 is 19.4 Å². The van der Waals surface area contributed by atoms with Crippen LogP contribution >= 0.6 is 34.2 Å². The van der Waals surface area contributed by atoms with Gasteiger partial charge in [0.15, 0.2) is 5.58 Å². The highest BCUT2D eigenvalue weighted by Gasteiger charge is 2.24. The number of aliphatic hydroxyl groups is 1. The maximum atomic E-state index is 13.0. The minimum Gasteiger partial charge on any atom is -0.463 e. The number of amides is 1. The molecule has 2 aromatic heterocycles. The fourth-order valence-corrected chi connectivity index (χ4v) is 4.06. The first-order valence-electron chi connectivity index (χ1n) is 8.77. The molecule has 0 unspecified atom stereocenters. The number of carbonyl (C=O) groups is 1. The number of furan rings is 1. The summed E-state index contributed by atoms with van der Waals surface area (Å²) in [5, 5.41) is 12.7. The number of rotatable bonds is 6. The molecule has 0 bridgehead atoms. The van der Waals surface area contributed by atoms with Crippen molar-refractivity contribution in [3.63, 3.8) is 0 Å². The standard InChI is InChI=1S/C20H20ClIN2O4/c1-11-10-28-18-16(11)20(27)24(2)15(17(18)19(26)23-6-3-7-25)8-12-4-5-13(22)9-14(12)21/h4-5,9-10,25H,3,6-8H2,1-2H3,(H,23,26). The van der Waals surface area contributed by atoms with Gasteiger partial charge in [0.25, 0.3) is 11.5 Å². The van der Waals surface area contributed by atoms with E-state index in [1.165, 1.54) is 10.8 Å². The highest BCUT2D eigenvalue weighted by atomic mass is 127. The number of hydrogen-bond donors (Lipinski definition) is 2. The van der Waals surface area contributed by atoms with E-state index in [0.717, 1.165) is 9.13 Å². The van der Waals surface area contributed by atoms with Gasteiger partial charge >= 0.3 is 0 Å². The van der Waals surface area contributed by atoms with Crippen molar-refractivity contribution < 1.29 is 14.3 Å². The van der Waals surface area contributed by atoms with Gasteiger partial charge in [0.05, 0.1) is 11.6 Å².